The summed E-state index contributed by atoms with van der Waals surface area (Å²) < 4.78 is 29.0. The molecule has 3 aromatic rings. The molecule has 6 nitrogen and oxygen atoms in total. The summed E-state index contributed by atoms with van der Waals surface area (Å²) in [6.45, 7) is 1.74. The van der Waals surface area contributed by atoms with E-state index in [9.17, 15) is 18.4 Å². The number of hydrogen-bond acceptors (Lipinski definition) is 3. The van der Waals surface area contributed by atoms with Crippen LogP contribution in [0.3, 0.4) is 0 Å². The molecular formula is C20H16F2N4O2. The largest absolute Gasteiger partial charge is 0.326 e. The first kappa shape index (κ1) is 17.8. The molecule has 0 atom stereocenters. The SMILES string of the molecule is Cc1cc(F)ccc1-n1ccc(C(=O)Nc2cc3c(cc2F)NC(=O)CC3)n1. The standard InChI is InChI=1S/C20H16F2N4O2/c1-11-8-13(21)3-4-18(11)26-7-6-15(25-26)20(28)24-17-9-12-2-5-19(27)23-16(12)10-14(17)22/h3-4,6-10H,2,5H2,1H3,(H,23,27)(H,24,28). The Hall–Kier alpha value is -3.55. The lowest BCUT2D eigenvalue weighted by Gasteiger charge is -2.18. The van der Waals surface area contributed by atoms with Crippen LogP contribution in [0.5, 0.6) is 0 Å². The number of carbonyl (C=O) groups is 2. The molecular weight excluding hydrogens is 366 g/mol. The van der Waals surface area contributed by atoms with Crippen molar-refractivity contribution in [2.45, 2.75) is 19.8 Å². The minimum Gasteiger partial charge on any atom is -0.326 e. The molecule has 1 aromatic heterocycles. The molecule has 4 rings (SSSR count). The molecule has 0 fully saturated rings. The first-order valence-electron chi connectivity index (χ1n) is 8.66. The lowest BCUT2D eigenvalue weighted by Crippen LogP contribution is -2.20. The molecule has 0 saturated heterocycles. The number of amides is 2. The maximum atomic E-state index is 14.3. The molecule has 142 valence electrons. The minimum atomic E-state index is -0.650. The summed E-state index contributed by atoms with van der Waals surface area (Å²) in [7, 11) is 0. The Morgan fingerprint density at radius 3 is 2.79 bits per heavy atom. The van der Waals surface area contributed by atoms with Gasteiger partial charge < -0.3 is 10.6 Å². The smallest absolute Gasteiger partial charge is 0.276 e. The van der Waals surface area contributed by atoms with E-state index >= 15 is 0 Å². The first-order chi connectivity index (χ1) is 13.4. The molecule has 28 heavy (non-hydrogen) atoms. The number of anilines is 2. The number of rotatable bonds is 3. The second kappa shape index (κ2) is 6.88. The molecule has 0 aliphatic carbocycles. The number of fused-ring (bicyclic) bond motifs is 1. The molecule has 0 spiro atoms. The van der Waals surface area contributed by atoms with E-state index in [0.717, 1.165) is 5.56 Å². The summed E-state index contributed by atoms with van der Waals surface area (Å²) in [6.07, 6.45) is 2.37. The molecule has 0 saturated carbocycles. The van der Waals surface area contributed by atoms with Gasteiger partial charge in [0, 0.05) is 18.3 Å². The maximum absolute atomic E-state index is 14.3. The quantitative estimate of drug-likeness (QED) is 0.727. The molecule has 2 aromatic carbocycles. The number of nitrogens with zero attached hydrogens (tertiary/aromatic N) is 2. The Morgan fingerprint density at radius 1 is 1.18 bits per heavy atom. The van der Waals surface area contributed by atoms with Crippen molar-refractivity contribution < 1.29 is 18.4 Å². The predicted molar refractivity (Wildman–Crippen MR) is 99.6 cm³/mol. The Morgan fingerprint density at radius 2 is 2.00 bits per heavy atom. The van der Waals surface area contributed by atoms with E-state index in [1.54, 1.807) is 19.2 Å². The fourth-order valence-corrected chi connectivity index (χ4v) is 3.14. The molecule has 2 heterocycles. The summed E-state index contributed by atoms with van der Waals surface area (Å²) in [5.74, 6) is -1.74. The molecule has 8 heteroatoms. The van der Waals surface area contributed by atoms with E-state index in [-0.39, 0.29) is 23.1 Å². The number of aromatic nitrogens is 2. The molecule has 0 unspecified atom stereocenters. The van der Waals surface area contributed by atoms with Crippen LogP contribution in [-0.2, 0) is 11.2 Å². The highest BCUT2D eigenvalue weighted by molar-refractivity contribution is 6.03. The fraction of sp³-hybridized carbons (Fsp3) is 0.150. The van der Waals surface area contributed by atoms with Gasteiger partial charge in [0.05, 0.1) is 11.4 Å². The third-order valence-corrected chi connectivity index (χ3v) is 4.56. The third-order valence-electron chi connectivity index (χ3n) is 4.56. The van der Waals surface area contributed by atoms with Crippen molar-refractivity contribution >= 4 is 23.2 Å². The van der Waals surface area contributed by atoms with Gasteiger partial charge in [-0.2, -0.15) is 5.10 Å². The van der Waals surface area contributed by atoms with Crippen LogP contribution in [0.4, 0.5) is 20.2 Å². The van der Waals surface area contributed by atoms with Gasteiger partial charge in [-0.05, 0) is 60.9 Å². The average Bonchev–Trinajstić information content (AvgIpc) is 3.12. The van der Waals surface area contributed by atoms with Crippen molar-refractivity contribution in [3.63, 3.8) is 0 Å². The lowest BCUT2D eigenvalue weighted by molar-refractivity contribution is -0.116. The first-order valence-corrected chi connectivity index (χ1v) is 8.66. The summed E-state index contributed by atoms with van der Waals surface area (Å²) in [5, 5.41) is 9.32. The second-order valence-electron chi connectivity index (χ2n) is 6.57. The normalized spacial score (nSPS) is 13.0. The van der Waals surface area contributed by atoms with Crippen LogP contribution in [0.25, 0.3) is 5.69 Å². The number of hydrogen-bond donors (Lipinski definition) is 2. The van der Waals surface area contributed by atoms with Crippen LogP contribution in [0.2, 0.25) is 0 Å². The van der Waals surface area contributed by atoms with Crippen LogP contribution < -0.4 is 10.6 Å². The van der Waals surface area contributed by atoms with Crippen LogP contribution >= 0.6 is 0 Å². The van der Waals surface area contributed by atoms with Crippen molar-refractivity contribution in [3.8, 4) is 5.69 Å². The van der Waals surface area contributed by atoms with Crippen LogP contribution in [0.1, 0.15) is 28.0 Å². The van der Waals surface area contributed by atoms with E-state index in [0.29, 0.717) is 29.8 Å². The van der Waals surface area contributed by atoms with Crippen molar-refractivity contribution in [2.75, 3.05) is 10.6 Å². The van der Waals surface area contributed by atoms with Gasteiger partial charge in [0.15, 0.2) is 5.69 Å². The lowest BCUT2D eigenvalue weighted by atomic mass is 10.0. The van der Waals surface area contributed by atoms with Gasteiger partial charge >= 0.3 is 0 Å². The number of carbonyl (C=O) groups excluding carboxylic acids is 2. The summed E-state index contributed by atoms with van der Waals surface area (Å²) in [4.78, 5) is 23.9. The number of nitrogens with one attached hydrogen (secondary N) is 2. The zero-order valence-corrected chi connectivity index (χ0v) is 14.9. The third kappa shape index (κ3) is 3.36. The molecule has 1 aliphatic rings. The Labute approximate surface area is 159 Å². The van der Waals surface area contributed by atoms with Gasteiger partial charge in [-0.1, -0.05) is 0 Å². The maximum Gasteiger partial charge on any atom is 0.276 e. The van der Waals surface area contributed by atoms with Crippen LogP contribution in [-0.4, -0.2) is 21.6 Å². The zero-order valence-electron chi connectivity index (χ0n) is 14.9. The molecule has 0 radical (unpaired) electrons. The van der Waals surface area contributed by atoms with Crippen LogP contribution in [0, 0.1) is 18.6 Å². The number of halogens is 2. The fourth-order valence-electron chi connectivity index (χ4n) is 3.14. The second-order valence-corrected chi connectivity index (χ2v) is 6.57. The Balaban J connectivity index is 1.56. The van der Waals surface area contributed by atoms with E-state index in [1.165, 1.54) is 35.0 Å². The summed E-state index contributed by atoms with van der Waals surface area (Å²) in [5.41, 5.74) is 2.59. The zero-order chi connectivity index (χ0) is 19.8. The number of benzene rings is 2. The summed E-state index contributed by atoms with van der Waals surface area (Å²) >= 11 is 0. The average molecular weight is 382 g/mol. The molecule has 2 amide bonds. The van der Waals surface area contributed by atoms with Crippen molar-refractivity contribution in [1.29, 1.82) is 0 Å². The predicted octanol–water partition coefficient (Wildman–Crippen LogP) is 3.60. The number of aryl methyl sites for hydroxylation is 2. The highest BCUT2D eigenvalue weighted by atomic mass is 19.1. The van der Waals surface area contributed by atoms with Gasteiger partial charge in [-0.25, -0.2) is 13.5 Å². The van der Waals surface area contributed by atoms with Gasteiger partial charge in [-0.15, -0.1) is 0 Å². The van der Waals surface area contributed by atoms with Crippen molar-refractivity contribution in [2.24, 2.45) is 0 Å². The van der Waals surface area contributed by atoms with E-state index < -0.39 is 11.7 Å². The monoisotopic (exact) mass is 382 g/mol. The van der Waals surface area contributed by atoms with E-state index in [4.69, 9.17) is 0 Å². The highest BCUT2D eigenvalue weighted by Crippen LogP contribution is 2.28. The Kier molecular flexibility index (Phi) is 4.38. The Bertz CT molecular complexity index is 1110. The topological polar surface area (TPSA) is 76.0 Å². The summed E-state index contributed by atoms with van der Waals surface area (Å²) in [6, 6.07) is 8.46. The van der Waals surface area contributed by atoms with Gasteiger partial charge in [-0.3, -0.25) is 9.59 Å². The van der Waals surface area contributed by atoms with Crippen LogP contribution in [0.15, 0.2) is 42.6 Å². The molecule has 2 N–H and O–H groups in total. The molecule has 0 bridgehead atoms. The molecule has 1 aliphatic heterocycles. The van der Waals surface area contributed by atoms with Crippen molar-refractivity contribution in [1.82, 2.24) is 9.78 Å². The van der Waals surface area contributed by atoms with Gasteiger partial charge in [0.2, 0.25) is 5.91 Å². The van der Waals surface area contributed by atoms with E-state index in [1.807, 2.05) is 0 Å². The van der Waals surface area contributed by atoms with E-state index in [2.05, 4.69) is 15.7 Å². The van der Waals surface area contributed by atoms with Crippen molar-refractivity contribution in [3.05, 3.63) is 71.1 Å². The van der Waals surface area contributed by atoms with Gasteiger partial charge in [0.25, 0.3) is 5.91 Å². The van der Waals surface area contributed by atoms with Gasteiger partial charge in [0.1, 0.15) is 11.6 Å². The highest BCUT2D eigenvalue weighted by Gasteiger charge is 2.19. The minimum absolute atomic E-state index is 0.0208.